The molecule has 3 unspecified atom stereocenters. The zero-order valence-electron chi connectivity index (χ0n) is 16.6. The number of alkyl halides is 1. The molecule has 7 nitrogen and oxygen atoms in total. The SMILES string of the molecule is C=CCN(CCCC)C(=O)C1N(CCCO)C(=O)[C@@H]2[C@H](C(=O)O)[C@H]3SC12CC3Br. The second-order valence-corrected chi connectivity index (χ2v) is 10.8. The van der Waals surface area contributed by atoms with Crippen molar-refractivity contribution in [3.05, 3.63) is 12.7 Å². The predicted molar refractivity (Wildman–Crippen MR) is 115 cm³/mol. The van der Waals surface area contributed by atoms with Crippen LogP contribution in [-0.4, -0.2) is 84.9 Å². The molecule has 0 aliphatic carbocycles. The molecule has 0 saturated carbocycles. The minimum absolute atomic E-state index is 0.0470. The Labute approximate surface area is 184 Å². The molecule has 1 spiro atoms. The van der Waals surface area contributed by atoms with E-state index in [0.717, 1.165) is 12.8 Å². The lowest BCUT2D eigenvalue weighted by molar-refractivity contribution is -0.148. The number of amides is 2. The van der Waals surface area contributed by atoms with Crippen molar-refractivity contribution in [1.82, 2.24) is 9.80 Å². The minimum atomic E-state index is -0.976. The number of aliphatic hydroxyl groups is 1. The van der Waals surface area contributed by atoms with Crippen molar-refractivity contribution in [1.29, 1.82) is 0 Å². The molecule has 9 heteroatoms. The molecule has 6 atom stereocenters. The molecule has 0 radical (unpaired) electrons. The lowest BCUT2D eigenvalue weighted by atomic mass is 9.71. The van der Waals surface area contributed by atoms with Crippen LogP contribution in [0.4, 0.5) is 0 Å². The van der Waals surface area contributed by atoms with Gasteiger partial charge in [0.2, 0.25) is 11.8 Å². The van der Waals surface area contributed by atoms with E-state index in [1.807, 2.05) is 0 Å². The van der Waals surface area contributed by atoms with Crippen molar-refractivity contribution in [2.45, 2.75) is 53.5 Å². The number of thioether (sulfide) groups is 1. The first kappa shape index (κ1) is 22.6. The first-order chi connectivity index (χ1) is 13.8. The monoisotopic (exact) mass is 488 g/mol. The zero-order chi connectivity index (χ0) is 21.3. The Morgan fingerprint density at radius 2 is 2.17 bits per heavy atom. The topological polar surface area (TPSA) is 98.2 Å². The number of aliphatic hydroxyl groups excluding tert-OH is 1. The highest BCUT2D eigenvalue weighted by Gasteiger charge is 2.75. The average Bonchev–Trinajstić information content (AvgIpc) is 3.26. The summed E-state index contributed by atoms with van der Waals surface area (Å²) < 4.78 is -0.739. The summed E-state index contributed by atoms with van der Waals surface area (Å²) in [6, 6.07) is -0.706. The Morgan fingerprint density at radius 3 is 2.76 bits per heavy atom. The number of fused-ring (bicyclic) bond motifs is 1. The van der Waals surface area contributed by atoms with Gasteiger partial charge in [0, 0.05) is 36.3 Å². The summed E-state index contributed by atoms with van der Waals surface area (Å²) in [5, 5.41) is 18.9. The Kier molecular flexibility index (Phi) is 7.00. The first-order valence-electron chi connectivity index (χ1n) is 10.2. The van der Waals surface area contributed by atoms with E-state index >= 15 is 0 Å². The smallest absolute Gasteiger partial charge is 0.308 e. The molecule has 3 saturated heterocycles. The molecule has 0 aromatic carbocycles. The van der Waals surface area contributed by atoms with Crippen LogP contribution in [0, 0.1) is 11.8 Å². The summed E-state index contributed by atoms with van der Waals surface area (Å²) in [4.78, 5) is 42.4. The van der Waals surface area contributed by atoms with Crippen molar-refractivity contribution >= 4 is 45.5 Å². The van der Waals surface area contributed by atoms with E-state index in [9.17, 15) is 24.6 Å². The number of hydrogen-bond acceptors (Lipinski definition) is 5. The fraction of sp³-hybridized carbons (Fsp3) is 0.750. The summed E-state index contributed by atoms with van der Waals surface area (Å²) in [5.74, 6) is -2.87. The van der Waals surface area contributed by atoms with Gasteiger partial charge >= 0.3 is 5.97 Å². The van der Waals surface area contributed by atoms with Crippen LogP contribution in [0.3, 0.4) is 0 Å². The van der Waals surface area contributed by atoms with Crippen molar-refractivity contribution < 1.29 is 24.6 Å². The van der Waals surface area contributed by atoms with Gasteiger partial charge in [-0.05, 0) is 19.3 Å². The number of carbonyl (C=O) groups is 3. The lowest BCUT2D eigenvalue weighted by Gasteiger charge is -2.37. The van der Waals surface area contributed by atoms with E-state index in [-0.39, 0.29) is 35.0 Å². The third-order valence-electron chi connectivity index (χ3n) is 6.31. The zero-order valence-corrected chi connectivity index (χ0v) is 19.0. The number of hydrogen-bond donors (Lipinski definition) is 2. The fourth-order valence-electron chi connectivity index (χ4n) is 5.14. The molecule has 2 amide bonds. The van der Waals surface area contributed by atoms with Crippen LogP contribution >= 0.6 is 27.7 Å². The maximum absolute atomic E-state index is 13.7. The third-order valence-corrected chi connectivity index (χ3v) is 9.53. The third kappa shape index (κ3) is 3.63. The van der Waals surface area contributed by atoms with Crippen LogP contribution in [-0.2, 0) is 14.4 Å². The van der Waals surface area contributed by atoms with Crippen molar-refractivity contribution in [2.24, 2.45) is 11.8 Å². The number of aliphatic carboxylic acids is 1. The Bertz CT molecular complexity index is 692. The van der Waals surface area contributed by atoms with Crippen LogP contribution in [0.25, 0.3) is 0 Å². The standard InChI is InChI=1S/C20H29BrN2O5S/c1-3-5-8-22(7-4-2)18(26)16-20-11-12(21)15(29-20)13(19(27)28)14(20)17(25)23(16)9-6-10-24/h4,12-16,24H,2-3,5-11H2,1H3,(H,27,28)/t12?,13-,14-,15-,16?,20?/m0/s1. The van der Waals surface area contributed by atoms with E-state index in [0.29, 0.717) is 25.9 Å². The number of halogens is 1. The number of likely N-dealkylation sites (tertiary alicyclic amines) is 1. The highest BCUT2D eigenvalue weighted by molar-refractivity contribution is 9.09. The number of carbonyl (C=O) groups excluding carboxylic acids is 2. The molecular weight excluding hydrogens is 460 g/mol. The number of carboxylic acid groups (broad SMARTS) is 1. The van der Waals surface area contributed by atoms with Gasteiger partial charge in [0.1, 0.15) is 6.04 Å². The summed E-state index contributed by atoms with van der Waals surface area (Å²) in [6.07, 6.45) is 4.42. The highest BCUT2D eigenvalue weighted by atomic mass is 79.9. The first-order valence-corrected chi connectivity index (χ1v) is 12.0. The molecule has 29 heavy (non-hydrogen) atoms. The number of rotatable bonds is 10. The largest absolute Gasteiger partial charge is 0.481 e. The maximum atomic E-state index is 13.7. The van der Waals surface area contributed by atoms with Crippen molar-refractivity contribution in [2.75, 3.05) is 26.2 Å². The number of nitrogens with zero attached hydrogens (tertiary/aromatic N) is 2. The van der Waals surface area contributed by atoms with Gasteiger partial charge in [0.15, 0.2) is 0 Å². The van der Waals surface area contributed by atoms with Gasteiger partial charge in [0.05, 0.1) is 16.6 Å². The predicted octanol–water partition coefficient (Wildman–Crippen LogP) is 1.73. The highest BCUT2D eigenvalue weighted by Crippen LogP contribution is 2.67. The molecule has 3 fully saturated rings. The number of carboxylic acids is 1. The maximum Gasteiger partial charge on any atom is 0.308 e. The summed E-state index contributed by atoms with van der Waals surface area (Å²) >= 11 is 5.12. The van der Waals surface area contributed by atoms with Gasteiger partial charge in [-0.1, -0.05) is 35.4 Å². The van der Waals surface area contributed by atoms with Crippen molar-refractivity contribution in [3.8, 4) is 0 Å². The van der Waals surface area contributed by atoms with E-state index < -0.39 is 28.6 Å². The van der Waals surface area contributed by atoms with Crippen LogP contribution < -0.4 is 0 Å². The van der Waals surface area contributed by atoms with Gasteiger partial charge < -0.3 is 20.0 Å². The Hall–Kier alpha value is -1.06. The summed E-state index contributed by atoms with van der Waals surface area (Å²) in [7, 11) is 0. The van der Waals surface area contributed by atoms with Crippen LogP contribution in [0.1, 0.15) is 32.6 Å². The summed E-state index contributed by atoms with van der Waals surface area (Å²) in [6.45, 7) is 6.96. The van der Waals surface area contributed by atoms with E-state index in [2.05, 4.69) is 29.4 Å². The lowest BCUT2D eigenvalue weighted by Crippen LogP contribution is -2.55. The molecule has 3 aliphatic rings. The average molecular weight is 489 g/mol. The Balaban J connectivity index is 2.01. The van der Waals surface area contributed by atoms with Crippen LogP contribution in [0.2, 0.25) is 0 Å². The normalized spacial score (nSPS) is 35.1. The Morgan fingerprint density at radius 1 is 1.45 bits per heavy atom. The van der Waals surface area contributed by atoms with Gasteiger partial charge in [0.25, 0.3) is 0 Å². The molecule has 3 rings (SSSR count). The van der Waals surface area contributed by atoms with E-state index in [4.69, 9.17) is 0 Å². The molecule has 2 N–H and O–H groups in total. The quantitative estimate of drug-likeness (QED) is 0.359. The van der Waals surface area contributed by atoms with E-state index in [1.165, 1.54) is 11.8 Å². The van der Waals surface area contributed by atoms with Crippen LogP contribution in [0.15, 0.2) is 12.7 Å². The molecule has 2 bridgehead atoms. The molecule has 0 aromatic rings. The molecule has 3 heterocycles. The van der Waals surface area contributed by atoms with Crippen molar-refractivity contribution in [3.63, 3.8) is 0 Å². The fourth-order valence-corrected chi connectivity index (χ4v) is 8.74. The van der Waals surface area contributed by atoms with Gasteiger partial charge in [-0.25, -0.2) is 0 Å². The molecule has 3 aliphatic heterocycles. The van der Waals surface area contributed by atoms with Gasteiger partial charge in [-0.3, -0.25) is 14.4 Å². The minimum Gasteiger partial charge on any atom is -0.481 e. The second-order valence-electron chi connectivity index (χ2n) is 8.04. The van der Waals surface area contributed by atoms with E-state index in [1.54, 1.807) is 15.9 Å². The van der Waals surface area contributed by atoms with Gasteiger partial charge in [-0.2, -0.15) is 0 Å². The van der Waals surface area contributed by atoms with Crippen LogP contribution in [0.5, 0.6) is 0 Å². The van der Waals surface area contributed by atoms with Gasteiger partial charge in [-0.15, -0.1) is 18.3 Å². The molecule has 0 aromatic heterocycles. The molecular formula is C20H29BrN2O5S. The second kappa shape index (κ2) is 8.98. The number of unbranched alkanes of at least 4 members (excludes halogenated alkanes) is 1. The molecule has 162 valence electrons. The summed E-state index contributed by atoms with van der Waals surface area (Å²) in [5.41, 5.74) is 0.